The fourth-order valence-electron chi connectivity index (χ4n) is 4.01. The minimum atomic E-state index is -0.542. The van der Waals surface area contributed by atoms with Gasteiger partial charge in [0.1, 0.15) is 9.92 Å². The number of thiocarbonyl (C=S) groups is 1. The van der Waals surface area contributed by atoms with Crippen LogP contribution in [0.5, 0.6) is 17.2 Å². The van der Waals surface area contributed by atoms with Crippen molar-refractivity contribution >= 4 is 61.9 Å². The minimum Gasteiger partial charge on any atom is -0.493 e. The van der Waals surface area contributed by atoms with Crippen LogP contribution in [0, 0.1) is 0 Å². The first-order valence-corrected chi connectivity index (χ1v) is 14.9. The van der Waals surface area contributed by atoms with Gasteiger partial charge in [-0.25, -0.2) is 4.79 Å². The van der Waals surface area contributed by atoms with Crippen molar-refractivity contribution in [2.75, 3.05) is 58.2 Å². The van der Waals surface area contributed by atoms with E-state index in [1.165, 1.54) is 18.9 Å². The number of hydrogen-bond acceptors (Lipinski definition) is 8. The van der Waals surface area contributed by atoms with Crippen LogP contribution in [0.4, 0.5) is 10.5 Å². The van der Waals surface area contributed by atoms with Gasteiger partial charge in [-0.2, -0.15) is 0 Å². The molecule has 40 heavy (non-hydrogen) atoms. The zero-order valence-electron chi connectivity index (χ0n) is 23.7. The van der Waals surface area contributed by atoms with Gasteiger partial charge < -0.3 is 33.6 Å². The monoisotopic (exact) mass is 653 g/mol. The summed E-state index contributed by atoms with van der Waals surface area (Å²) < 4.78 is 23.6. The van der Waals surface area contributed by atoms with E-state index in [-0.39, 0.29) is 17.8 Å². The third-order valence-corrected chi connectivity index (χ3v) is 8.06. The molecule has 0 unspecified atom stereocenters. The molecule has 0 aliphatic carbocycles. The average molecular weight is 655 g/mol. The number of thioether (sulfide) groups is 1. The van der Waals surface area contributed by atoms with Gasteiger partial charge in [0.15, 0.2) is 11.5 Å². The minimum absolute atomic E-state index is 0.128. The lowest BCUT2D eigenvalue weighted by molar-refractivity contribution is -0.116. The number of anilines is 1. The number of halogens is 1. The van der Waals surface area contributed by atoms with Gasteiger partial charge >= 0.3 is 6.09 Å². The summed E-state index contributed by atoms with van der Waals surface area (Å²) in [6.07, 6.45) is -0.324. The summed E-state index contributed by atoms with van der Waals surface area (Å²) in [5.74, 6) is 1.37. The van der Waals surface area contributed by atoms with E-state index in [4.69, 9.17) is 31.2 Å². The van der Waals surface area contributed by atoms with Crippen LogP contribution in [0.3, 0.4) is 0 Å². The maximum atomic E-state index is 13.7. The molecule has 3 rings (SSSR count). The Morgan fingerprint density at radius 2 is 1.50 bits per heavy atom. The Hall–Kier alpha value is -2.70. The Bertz CT molecular complexity index is 1170. The molecule has 2 amide bonds. The molecule has 1 aliphatic heterocycles. The molecule has 1 heterocycles. The van der Waals surface area contributed by atoms with Crippen molar-refractivity contribution in [1.29, 1.82) is 0 Å². The number of amides is 2. The van der Waals surface area contributed by atoms with Crippen LogP contribution in [0.2, 0.25) is 0 Å². The molecule has 218 valence electrons. The molecule has 2 aromatic carbocycles. The Morgan fingerprint density at radius 1 is 0.950 bits per heavy atom. The molecular weight excluding hydrogens is 618 g/mol. The van der Waals surface area contributed by atoms with Gasteiger partial charge in [0.2, 0.25) is 11.7 Å². The summed E-state index contributed by atoms with van der Waals surface area (Å²) in [4.78, 5) is 31.4. The van der Waals surface area contributed by atoms with E-state index in [9.17, 15) is 9.59 Å². The molecule has 12 heteroatoms. The van der Waals surface area contributed by atoms with Gasteiger partial charge in [0, 0.05) is 42.8 Å². The van der Waals surface area contributed by atoms with Gasteiger partial charge in [-0.15, -0.1) is 0 Å². The molecule has 0 atom stereocenters. The van der Waals surface area contributed by atoms with Crippen molar-refractivity contribution in [3.8, 4) is 17.2 Å². The third-order valence-electron chi connectivity index (χ3n) is 6.02. The quantitative estimate of drug-likeness (QED) is 0.339. The van der Waals surface area contributed by atoms with Crippen LogP contribution in [0.25, 0.3) is 0 Å². The molecule has 1 fully saturated rings. The normalized spacial score (nSPS) is 13.5. The maximum absolute atomic E-state index is 13.7. The zero-order chi connectivity index (χ0) is 29.4. The topological polar surface area (TPSA) is 80.8 Å². The van der Waals surface area contributed by atoms with Gasteiger partial charge in [-0.1, -0.05) is 52.0 Å². The summed E-state index contributed by atoms with van der Waals surface area (Å²) in [5, 5.41) is 0. The molecule has 9 nitrogen and oxygen atoms in total. The molecule has 0 aromatic heterocycles. The molecule has 0 radical (unpaired) electrons. The predicted octanol–water partition coefficient (Wildman–Crippen LogP) is 5.58. The Kier molecular flexibility index (Phi) is 11.4. The van der Waals surface area contributed by atoms with Crippen molar-refractivity contribution < 1.29 is 28.5 Å². The molecule has 1 aliphatic rings. The van der Waals surface area contributed by atoms with Crippen LogP contribution < -0.4 is 19.1 Å². The Morgan fingerprint density at radius 3 is 2.00 bits per heavy atom. The molecule has 0 spiro atoms. The van der Waals surface area contributed by atoms with Crippen molar-refractivity contribution in [2.24, 2.45) is 0 Å². The number of ether oxygens (including phenoxy) is 4. The van der Waals surface area contributed by atoms with E-state index in [0.717, 1.165) is 10.0 Å². The van der Waals surface area contributed by atoms with Crippen LogP contribution in [0.15, 0.2) is 40.9 Å². The SMILES string of the molecule is COc1cc(N(Cc2ccc(Br)cc2)C(=O)CSC(=S)N2CCN(C(=O)OC(C)(C)C)CC2)cc(OC)c1OC. The van der Waals surface area contributed by atoms with Gasteiger partial charge in [0.25, 0.3) is 0 Å². The highest BCUT2D eigenvalue weighted by Gasteiger charge is 2.28. The van der Waals surface area contributed by atoms with Crippen LogP contribution in [0.1, 0.15) is 26.3 Å². The molecule has 0 bridgehead atoms. The summed E-state index contributed by atoms with van der Waals surface area (Å²) in [6, 6.07) is 11.3. The third kappa shape index (κ3) is 8.65. The van der Waals surface area contributed by atoms with E-state index < -0.39 is 5.60 Å². The number of methoxy groups -OCH3 is 3. The lowest BCUT2D eigenvalue weighted by atomic mass is 10.1. The fourth-order valence-corrected chi connectivity index (χ4v) is 5.40. The number of benzene rings is 2. The number of carbonyl (C=O) groups is 2. The maximum Gasteiger partial charge on any atom is 0.410 e. The van der Waals surface area contributed by atoms with Crippen LogP contribution in [-0.4, -0.2) is 85.0 Å². The number of piperazine rings is 1. The fraction of sp³-hybridized carbons (Fsp3) is 0.464. The smallest absolute Gasteiger partial charge is 0.410 e. The Labute approximate surface area is 254 Å². The molecule has 1 saturated heterocycles. The van der Waals surface area contributed by atoms with E-state index in [0.29, 0.717) is 60.0 Å². The highest BCUT2D eigenvalue weighted by atomic mass is 79.9. The van der Waals surface area contributed by atoms with E-state index in [1.807, 2.05) is 49.9 Å². The molecule has 2 aromatic rings. The molecule has 0 saturated carbocycles. The van der Waals surface area contributed by atoms with Gasteiger partial charge in [-0.3, -0.25) is 4.79 Å². The number of hydrogen-bond donors (Lipinski definition) is 0. The summed E-state index contributed by atoms with van der Waals surface area (Å²) in [5.41, 5.74) is 1.02. The van der Waals surface area contributed by atoms with Crippen LogP contribution >= 0.6 is 39.9 Å². The highest BCUT2D eigenvalue weighted by Crippen LogP contribution is 2.41. The Balaban J connectivity index is 1.72. The van der Waals surface area contributed by atoms with E-state index in [2.05, 4.69) is 15.9 Å². The van der Waals surface area contributed by atoms with Crippen molar-refractivity contribution in [2.45, 2.75) is 32.9 Å². The number of carbonyl (C=O) groups excluding carboxylic acids is 2. The first-order chi connectivity index (χ1) is 18.9. The van der Waals surface area contributed by atoms with Crippen molar-refractivity contribution in [1.82, 2.24) is 9.80 Å². The average Bonchev–Trinajstić information content (AvgIpc) is 2.93. The summed E-state index contributed by atoms with van der Waals surface area (Å²) in [7, 11) is 4.62. The zero-order valence-corrected chi connectivity index (χ0v) is 26.9. The highest BCUT2D eigenvalue weighted by molar-refractivity contribution is 9.10. The molecule has 0 N–H and O–H groups in total. The molecular formula is C28H36BrN3O6S2. The van der Waals surface area contributed by atoms with Crippen LogP contribution in [-0.2, 0) is 16.1 Å². The standard InChI is InChI=1S/C28H36BrN3O6S2/c1-28(2,3)38-26(34)30-11-13-31(14-12-30)27(39)40-18-24(33)32(17-19-7-9-20(29)10-8-19)21-15-22(35-4)25(37-6)23(16-21)36-5/h7-10,15-16H,11-14,17-18H2,1-6H3. The van der Waals surface area contributed by atoms with Gasteiger partial charge in [0.05, 0.1) is 39.3 Å². The number of rotatable bonds is 8. The largest absolute Gasteiger partial charge is 0.493 e. The van der Waals surface area contributed by atoms with E-state index >= 15 is 0 Å². The van der Waals surface area contributed by atoms with Gasteiger partial charge in [-0.05, 0) is 38.5 Å². The summed E-state index contributed by atoms with van der Waals surface area (Å²) >= 11 is 10.4. The van der Waals surface area contributed by atoms with Crippen molar-refractivity contribution in [3.05, 3.63) is 46.4 Å². The second-order valence-corrected chi connectivity index (χ2v) is 12.5. The second-order valence-electron chi connectivity index (χ2n) is 10.00. The number of nitrogens with zero attached hydrogens (tertiary/aromatic N) is 3. The first-order valence-electron chi connectivity index (χ1n) is 12.7. The summed E-state index contributed by atoms with van der Waals surface area (Å²) in [6.45, 7) is 8.05. The lowest BCUT2D eigenvalue weighted by Gasteiger charge is -2.36. The second kappa shape index (κ2) is 14.3. The van der Waals surface area contributed by atoms with E-state index in [1.54, 1.807) is 36.2 Å². The first kappa shape index (κ1) is 31.8. The predicted molar refractivity (Wildman–Crippen MR) is 166 cm³/mol. The van der Waals surface area contributed by atoms with Crippen molar-refractivity contribution in [3.63, 3.8) is 0 Å². The lowest BCUT2D eigenvalue weighted by Crippen LogP contribution is -2.51.